The number of alkyl halides is 6. The highest BCUT2D eigenvalue weighted by atomic mass is 19.4. The predicted molar refractivity (Wildman–Crippen MR) is 111 cm³/mol. The summed E-state index contributed by atoms with van der Waals surface area (Å²) in [6.45, 7) is -0.599. The third-order valence-corrected chi connectivity index (χ3v) is 6.06. The number of methoxy groups -OCH3 is 1. The number of fused-ring (bicyclic) bond motifs is 1. The van der Waals surface area contributed by atoms with Gasteiger partial charge in [0.2, 0.25) is 0 Å². The van der Waals surface area contributed by atoms with Crippen molar-refractivity contribution >= 4 is 5.91 Å². The van der Waals surface area contributed by atoms with Crippen LogP contribution >= 0.6 is 0 Å². The Kier molecular flexibility index (Phi) is 7.06. The standard InChI is InChI=1S/C23H22F6N2O5/c1-33-16-11-14(5-6-15(16)34-10-8-22(24,25)26)20(32)31-9-7-21(19(12-31)35-13-36-21)17-3-2-4-18(30-17)23(27,28)29/h2-6,11,19H,7-10,12-13H2,1H3/t19?,21-/m1/s1. The van der Waals surface area contributed by atoms with Gasteiger partial charge in [-0.1, -0.05) is 6.07 Å². The quantitative estimate of drug-likeness (QED) is 0.521. The summed E-state index contributed by atoms with van der Waals surface area (Å²) in [4.78, 5) is 18.4. The highest BCUT2D eigenvalue weighted by Gasteiger charge is 2.52. The molecule has 0 N–H and O–H groups in total. The minimum absolute atomic E-state index is 0.0307. The second-order valence-electron chi connectivity index (χ2n) is 8.29. The lowest BCUT2D eigenvalue weighted by Gasteiger charge is -2.41. The molecule has 0 aliphatic carbocycles. The molecule has 13 heteroatoms. The van der Waals surface area contributed by atoms with Crippen LogP contribution in [0.25, 0.3) is 0 Å². The zero-order valence-electron chi connectivity index (χ0n) is 19.0. The monoisotopic (exact) mass is 520 g/mol. The first-order valence-electron chi connectivity index (χ1n) is 10.9. The molecule has 2 atom stereocenters. The van der Waals surface area contributed by atoms with Gasteiger partial charge >= 0.3 is 12.4 Å². The summed E-state index contributed by atoms with van der Waals surface area (Å²) in [5, 5.41) is 0. The molecule has 0 bridgehead atoms. The highest BCUT2D eigenvalue weighted by Crippen LogP contribution is 2.43. The average Bonchev–Trinajstić information content (AvgIpc) is 3.27. The Morgan fingerprint density at radius 2 is 1.94 bits per heavy atom. The Morgan fingerprint density at radius 3 is 2.64 bits per heavy atom. The molecule has 2 fully saturated rings. The van der Waals surface area contributed by atoms with Gasteiger partial charge in [0.1, 0.15) is 24.2 Å². The third kappa shape index (κ3) is 5.36. The van der Waals surface area contributed by atoms with Gasteiger partial charge in [-0.05, 0) is 30.3 Å². The molecule has 0 saturated carbocycles. The molecule has 1 unspecified atom stereocenters. The number of nitrogens with zero attached hydrogens (tertiary/aromatic N) is 2. The van der Waals surface area contributed by atoms with Crippen LogP contribution in [0.15, 0.2) is 36.4 Å². The van der Waals surface area contributed by atoms with E-state index in [1.54, 1.807) is 0 Å². The molecule has 2 aliphatic rings. The van der Waals surface area contributed by atoms with Gasteiger partial charge in [-0.3, -0.25) is 4.79 Å². The van der Waals surface area contributed by atoms with Crippen molar-refractivity contribution in [2.75, 3.05) is 33.6 Å². The van der Waals surface area contributed by atoms with Crippen molar-refractivity contribution in [1.82, 2.24) is 9.88 Å². The fraction of sp³-hybridized carbons (Fsp3) is 0.478. The summed E-state index contributed by atoms with van der Waals surface area (Å²) in [7, 11) is 1.29. The van der Waals surface area contributed by atoms with Gasteiger partial charge in [-0.2, -0.15) is 26.3 Å². The second kappa shape index (κ2) is 9.77. The predicted octanol–water partition coefficient (Wildman–Crippen LogP) is 4.55. The maximum Gasteiger partial charge on any atom is 0.433 e. The first-order chi connectivity index (χ1) is 16.9. The van der Waals surface area contributed by atoms with Crippen LogP contribution in [0.5, 0.6) is 11.5 Å². The van der Waals surface area contributed by atoms with Crippen LogP contribution in [0.1, 0.15) is 34.6 Å². The minimum atomic E-state index is -4.63. The fourth-order valence-corrected chi connectivity index (χ4v) is 4.23. The second-order valence-corrected chi connectivity index (χ2v) is 8.29. The number of rotatable bonds is 6. The van der Waals surface area contributed by atoms with Crippen LogP contribution in [0.3, 0.4) is 0 Å². The van der Waals surface area contributed by atoms with Crippen LogP contribution in [-0.2, 0) is 21.3 Å². The van der Waals surface area contributed by atoms with Gasteiger partial charge in [0.05, 0.1) is 32.4 Å². The van der Waals surface area contributed by atoms with Gasteiger partial charge in [-0.15, -0.1) is 0 Å². The van der Waals surface area contributed by atoms with E-state index in [-0.39, 0.29) is 49.1 Å². The molecule has 1 aromatic carbocycles. The number of carbonyl (C=O) groups excluding carboxylic acids is 1. The van der Waals surface area contributed by atoms with Crippen LogP contribution in [0, 0.1) is 0 Å². The van der Waals surface area contributed by atoms with E-state index in [0.717, 1.165) is 6.07 Å². The molecule has 0 spiro atoms. The highest BCUT2D eigenvalue weighted by molar-refractivity contribution is 5.95. The Balaban J connectivity index is 1.49. The number of aromatic nitrogens is 1. The van der Waals surface area contributed by atoms with Crippen LogP contribution in [0.2, 0.25) is 0 Å². The van der Waals surface area contributed by atoms with Crippen molar-refractivity contribution < 1.29 is 50.1 Å². The molecule has 7 nitrogen and oxygen atoms in total. The molecule has 36 heavy (non-hydrogen) atoms. The lowest BCUT2D eigenvalue weighted by molar-refractivity contribution is -0.142. The maximum absolute atomic E-state index is 13.2. The van der Waals surface area contributed by atoms with Crippen molar-refractivity contribution in [3.05, 3.63) is 53.3 Å². The van der Waals surface area contributed by atoms with Crippen molar-refractivity contribution in [1.29, 1.82) is 0 Å². The van der Waals surface area contributed by atoms with E-state index in [1.807, 2.05) is 0 Å². The first-order valence-corrected chi connectivity index (χ1v) is 10.9. The van der Waals surface area contributed by atoms with Crippen LogP contribution in [0.4, 0.5) is 26.3 Å². The number of halogens is 6. The van der Waals surface area contributed by atoms with Crippen molar-refractivity contribution in [2.45, 2.75) is 36.9 Å². The van der Waals surface area contributed by atoms with E-state index in [4.69, 9.17) is 18.9 Å². The van der Waals surface area contributed by atoms with Crippen LogP contribution < -0.4 is 9.47 Å². The number of piperidine rings is 1. The normalized spacial score (nSPS) is 22.3. The Hall–Kier alpha value is -3.06. The Morgan fingerprint density at radius 1 is 1.17 bits per heavy atom. The summed E-state index contributed by atoms with van der Waals surface area (Å²) >= 11 is 0. The zero-order valence-corrected chi connectivity index (χ0v) is 19.0. The van der Waals surface area contributed by atoms with Gasteiger partial charge in [-0.25, -0.2) is 4.98 Å². The molecule has 0 radical (unpaired) electrons. The molecule has 1 aromatic heterocycles. The number of ether oxygens (including phenoxy) is 4. The summed E-state index contributed by atoms with van der Waals surface area (Å²) in [6.07, 6.45) is -10.7. The SMILES string of the molecule is COc1cc(C(=O)N2CC[C@]3(c4cccc(C(F)(F)F)n4)OCOC3C2)ccc1OCCC(F)(F)F. The van der Waals surface area contributed by atoms with Crippen molar-refractivity contribution in [2.24, 2.45) is 0 Å². The molecular weight excluding hydrogens is 498 g/mol. The molecule has 3 heterocycles. The molecule has 2 aromatic rings. The number of carbonyl (C=O) groups is 1. The smallest absolute Gasteiger partial charge is 0.433 e. The molecule has 4 rings (SSSR count). The van der Waals surface area contributed by atoms with Crippen LogP contribution in [-0.4, -0.2) is 61.7 Å². The van der Waals surface area contributed by atoms with E-state index in [1.165, 1.54) is 42.3 Å². The minimum Gasteiger partial charge on any atom is -0.493 e. The summed E-state index contributed by atoms with van der Waals surface area (Å²) < 4.78 is 98.4. The van der Waals surface area contributed by atoms with E-state index in [2.05, 4.69) is 4.98 Å². The first kappa shape index (κ1) is 26.0. The van der Waals surface area contributed by atoms with E-state index < -0.39 is 48.7 Å². The summed E-state index contributed by atoms with van der Waals surface area (Å²) in [5.41, 5.74) is -2.01. The number of hydrogen-bond donors (Lipinski definition) is 0. The third-order valence-electron chi connectivity index (χ3n) is 6.06. The largest absolute Gasteiger partial charge is 0.493 e. The molecule has 1 amide bonds. The number of hydrogen-bond acceptors (Lipinski definition) is 6. The maximum atomic E-state index is 13.2. The number of benzene rings is 1. The van der Waals surface area contributed by atoms with E-state index in [0.29, 0.717) is 0 Å². The average molecular weight is 520 g/mol. The van der Waals surface area contributed by atoms with Gasteiger partial charge in [0.15, 0.2) is 11.5 Å². The Labute approximate surface area is 201 Å². The molecule has 2 aliphatic heterocycles. The van der Waals surface area contributed by atoms with Gasteiger partial charge in [0, 0.05) is 18.5 Å². The zero-order chi connectivity index (χ0) is 26.1. The van der Waals surface area contributed by atoms with Gasteiger partial charge < -0.3 is 23.8 Å². The number of likely N-dealkylation sites (tertiary alicyclic amines) is 1. The topological polar surface area (TPSA) is 70.1 Å². The number of pyridine rings is 1. The Bertz CT molecular complexity index is 1110. The van der Waals surface area contributed by atoms with Crippen molar-refractivity contribution in [3.63, 3.8) is 0 Å². The number of amides is 1. The molecular formula is C23H22F6N2O5. The lowest BCUT2D eigenvalue weighted by Crippen LogP contribution is -2.54. The molecule has 196 valence electrons. The lowest BCUT2D eigenvalue weighted by atomic mass is 9.84. The van der Waals surface area contributed by atoms with Gasteiger partial charge in [0.25, 0.3) is 5.91 Å². The van der Waals surface area contributed by atoms with E-state index in [9.17, 15) is 31.1 Å². The van der Waals surface area contributed by atoms with Crippen molar-refractivity contribution in [3.8, 4) is 11.5 Å². The fourth-order valence-electron chi connectivity index (χ4n) is 4.23. The summed E-state index contributed by atoms with van der Waals surface area (Å²) in [5.74, 6) is -0.279. The van der Waals surface area contributed by atoms with E-state index >= 15 is 0 Å². The summed E-state index contributed by atoms with van der Waals surface area (Å²) in [6, 6.07) is 7.66. The molecule has 2 saturated heterocycles.